The smallest absolute Gasteiger partial charge is 0.221 e. The summed E-state index contributed by atoms with van der Waals surface area (Å²) in [6.07, 6.45) is 2.88. The minimum Gasteiger partial charge on any atom is -0.369 e. The molecule has 2 N–H and O–H groups in total. The predicted octanol–water partition coefficient (Wildman–Crippen LogP) is 4.44. The van der Waals surface area contributed by atoms with E-state index in [1.165, 1.54) is 11.1 Å². The summed E-state index contributed by atoms with van der Waals surface area (Å²) >= 11 is 6.05. The molecule has 3 aromatic rings. The molecule has 0 fully saturated rings. The zero-order chi connectivity index (χ0) is 16.9. The number of carbonyl (C=O) groups is 1. The van der Waals surface area contributed by atoms with Crippen molar-refractivity contribution >= 4 is 29.9 Å². The van der Waals surface area contributed by atoms with Crippen LogP contribution in [0.25, 0.3) is 11.3 Å². The summed E-state index contributed by atoms with van der Waals surface area (Å²) < 4.78 is 0. The molecule has 128 valence electrons. The first-order valence-electron chi connectivity index (χ1n) is 7.67. The molecule has 0 aliphatic rings. The van der Waals surface area contributed by atoms with Crippen LogP contribution in [-0.2, 0) is 17.6 Å². The number of nitrogens with two attached hydrogens (primary N) is 1. The van der Waals surface area contributed by atoms with E-state index in [1.54, 1.807) is 0 Å². The number of halogens is 2. The maximum absolute atomic E-state index is 10.9. The van der Waals surface area contributed by atoms with Crippen molar-refractivity contribution in [3.05, 3.63) is 88.6 Å². The topological polar surface area (TPSA) is 56.0 Å². The third-order valence-electron chi connectivity index (χ3n) is 3.75. The molecular formula is C20H18Cl2N2O. The first kappa shape index (κ1) is 19.0. The Balaban J connectivity index is 0.00000225. The highest BCUT2D eigenvalue weighted by atomic mass is 35.5. The van der Waals surface area contributed by atoms with Gasteiger partial charge in [-0.1, -0.05) is 48.0 Å². The molecule has 0 aliphatic heterocycles. The zero-order valence-corrected chi connectivity index (χ0v) is 15.1. The van der Waals surface area contributed by atoms with Gasteiger partial charge in [-0.25, -0.2) is 0 Å². The van der Waals surface area contributed by atoms with Crippen molar-refractivity contribution in [2.45, 2.75) is 12.8 Å². The van der Waals surface area contributed by atoms with Crippen LogP contribution in [0, 0.1) is 0 Å². The van der Waals surface area contributed by atoms with Crippen molar-refractivity contribution in [3.63, 3.8) is 0 Å². The van der Waals surface area contributed by atoms with Gasteiger partial charge in [-0.05, 0) is 47.4 Å². The van der Waals surface area contributed by atoms with Crippen LogP contribution >= 0.6 is 24.0 Å². The molecule has 0 aliphatic carbocycles. The maximum atomic E-state index is 10.9. The van der Waals surface area contributed by atoms with E-state index < -0.39 is 0 Å². The third kappa shape index (κ3) is 5.31. The summed E-state index contributed by atoms with van der Waals surface area (Å²) in [5.41, 5.74) is 10.4. The Hall–Kier alpha value is -2.36. The van der Waals surface area contributed by atoms with Gasteiger partial charge >= 0.3 is 0 Å². The number of primary amides is 1. The fourth-order valence-electron chi connectivity index (χ4n) is 2.60. The van der Waals surface area contributed by atoms with Gasteiger partial charge in [-0.15, -0.1) is 12.4 Å². The lowest BCUT2D eigenvalue weighted by molar-refractivity contribution is -0.117. The van der Waals surface area contributed by atoms with Crippen molar-refractivity contribution in [3.8, 4) is 11.3 Å². The highest BCUT2D eigenvalue weighted by Gasteiger charge is 2.04. The summed E-state index contributed by atoms with van der Waals surface area (Å²) in [5.74, 6) is -0.317. The van der Waals surface area contributed by atoms with E-state index in [1.807, 2.05) is 60.8 Å². The zero-order valence-electron chi connectivity index (χ0n) is 13.5. The van der Waals surface area contributed by atoms with E-state index in [0.29, 0.717) is 5.02 Å². The van der Waals surface area contributed by atoms with Crippen LogP contribution in [0.15, 0.2) is 66.9 Å². The van der Waals surface area contributed by atoms with E-state index in [-0.39, 0.29) is 24.7 Å². The molecule has 0 spiro atoms. The van der Waals surface area contributed by atoms with E-state index in [2.05, 4.69) is 11.1 Å². The number of carbonyl (C=O) groups excluding carboxylic acids is 1. The Kier molecular flexibility index (Phi) is 6.57. The van der Waals surface area contributed by atoms with Crippen LogP contribution in [0.1, 0.15) is 16.7 Å². The molecule has 0 saturated carbocycles. The minimum atomic E-state index is -0.317. The monoisotopic (exact) mass is 372 g/mol. The first-order chi connectivity index (χ1) is 11.6. The van der Waals surface area contributed by atoms with Gasteiger partial charge in [0.05, 0.1) is 12.1 Å². The highest BCUT2D eigenvalue weighted by molar-refractivity contribution is 6.30. The quantitative estimate of drug-likeness (QED) is 0.719. The van der Waals surface area contributed by atoms with Crippen molar-refractivity contribution in [2.75, 3.05) is 0 Å². The molecular weight excluding hydrogens is 355 g/mol. The van der Waals surface area contributed by atoms with Crippen LogP contribution in [-0.4, -0.2) is 10.9 Å². The van der Waals surface area contributed by atoms with Gasteiger partial charge < -0.3 is 5.73 Å². The lowest BCUT2D eigenvalue weighted by Crippen LogP contribution is -2.13. The van der Waals surface area contributed by atoms with Crippen LogP contribution in [0.4, 0.5) is 0 Å². The molecule has 0 saturated heterocycles. The molecule has 0 bridgehead atoms. The van der Waals surface area contributed by atoms with Gasteiger partial charge in [0.1, 0.15) is 0 Å². The standard InChI is InChI=1S/C20H17ClN2O.ClH/c21-18-3-1-2-17(13-18)19-11-16(8-9-23-19)10-14-4-6-15(7-5-14)12-20(22)24;/h1-9,11,13H,10,12H2,(H2,22,24);1H. The Labute approximate surface area is 158 Å². The van der Waals surface area contributed by atoms with E-state index >= 15 is 0 Å². The molecule has 0 unspecified atom stereocenters. The van der Waals surface area contributed by atoms with Crippen molar-refractivity contribution < 1.29 is 4.79 Å². The Morgan fingerprint density at radius 3 is 2.36 bits per heavy atom. The molecule has 2 aromatic carbocycles. The van der Waals surface area contributed by atoms with Gasteiger partial charge in [0.25, 0.3) is 0 Å². The van der Waals surface area contributed by atoms with Crippen LogP contribution in [0.5, 0.6) is 0 Å². The van der Waals surface area contributed by atoms with Gasteiger partial charge in [-0.2, -0.15) is 0 Å². The fourth-order valence-corrected chi connectivity index (χ4v) is 2.79. The predicted molar refractivity (Wildman–Crippen MR) is 104 cm³/mol. The molecule has 0 radical (unpaired) electrons. The number of pyridine rings is 1. The summed E-state index contributed by atoms with van der Waals surface area (Å²) in [4.78, 5) is 15.4. The number of amides is 1. The van der Waals surface area contributed by atoms with Gasteiger partial charge in [-0.3, -0.25) is 9.78 Å². The lowest BCUT2D eigenvalue weighted by Gasteiger charge is -2.06. The third-order valence-corrected chi connectivity index (χ3v) is 3.99. The number of aromatic nitrogens is 1. The molecule has 1 heterocycles. The number of hydrogen-bond acceptors (Lipinski definition) is 2. The second kappa shape index (κ2) is 8.65. The first-order valence-corrected chi connectivity index (χ1v) is 8.05. The average Bonchev–Trinajstić information content (AvgIpc) is 2.56. The van der Waals surface area contributed by atoms with Crippen LogP contribution in [0.3, 0.4) is 0 Å². The fraction of sp³-hybridized carbons (Fsp3) is 0.100. The molecule has 0 atom stereocenters. The van der Waals surface area contributed by atoms with E-state index in [9.17, 15) is 4.79 Å². The number of hydrogen-bond donors (Lipinski definition) is 1. The lowest BCUT2D eigenvalue weighted by atomic mass is 10.0. The second-order valence-electron chi connectivity index (χ2n) is 5.70. The molecule has 1 aromatic heterocycles. The number of benzene rings is 2. The number of rotatable bonds is 5. The molecule has 3 rings (SSSR count). The van der Waals surface area contributed by atoms with Crippen molar-refractivity contribution in [1.82, 2.24) is 4.98 Å². The normalized spacial score (nSPS) is 10.1. The van der Waals surface area contributed by atoms with Gasteiger partial charge in [0.2, 0.25) is 5.91 Å². The van der Waals surface area contributed by atoms with Crippen molar-refractivity contribution in [2.24, 2.45) is 5.73 Å². The Bertz CT molecular complexity index is 864. The second-order valence-corrected chi connectivity index (χ2v) is 6.13. The van der Waals surface area contributed by atoms with Crippen LogP contribution in [0.2, 0.25) is 5.02 Å². The minimum absolute atomic E-state index is 0. The molecule has 25 heavy (non-hydrogen) atoms. The Morgan fingerprint density at radius 1 is 0.960 bits per heavy atom. The number of nitrogens with zero attached hydrogens (tertiary/aromatic N) is 1. The van der Waals surface area contributed by atoms with Crippen molar-refractivity contribution in [1.29, 1.82) is 0 Å². The summed E-state index contributed by atoms with van der Waals surface area (Å²) in [5, 5.41) is 0.699. The Morgan fingerprint density at radius 2 is 1.68 bits per heavy atom. The van der Waals surface area contributed by atoms with Crippen LogP contribution < -0.4 is 5.73 Å². The van der Waals surface area contributed by atoms with E-state index in [0.717, 1.165) is 23.2 Å². The average molecular weight is 373 g/mol. The highest BCUT2D eigenvalue weighted by Crippen LogP contribution is 2.22. The summed E-state index contributed by atoms with van der Waals surface area (Å²) in [7, 11) is 0. The molecule has 1 amide bonds. The summed E-state index contributed by atoms with van der Waals surface area (Å²) in [6.45, 7) is 0. The largest absolute Gasteiger partial charge is 0.369 e. The van der Waals surface area contributed by atoms with Gasteiger partial charge in [0.15, 0.2) is 0 Å². The van der Waals surface area contributed by atoms with Gasteiger partial charge in [0, 0.05) is 16.8 Å². The molecule has 5 heteroatoms. The maximum Gasteiger partial charge on any atom is 0.221 e. The SMILES string of the molecule is Cl.NC(=O)Cc1ccc(Cc2ccnc(-c3cccc(Cl)c3)c2)cc1. The molecule has 3 nitrogen and oxygen atoms in total. The summed E-state index contributed by atoms with van der Waals surface area (Å²) in [6, 6.07) is 19.7. The van der Waals surface area contributed by atoms with E-state index in [4.69, 9.17) is 17.3 Å².